The third-order valence-electron chi connectivity index (χ3n) is 4.51. The minimum atomic E-state index is -0.475. The van der Waals surface area contributed by atoms with Crippen molar-refractivity contribution in [1.82, 2.24) is 9.88 Å². The topological polar surface area (TPSA) is 54.3 Å². The number of carbonyl (C=O) groups excluding carboxylic acids is 2. The van der Waals surface area contributed by atoms with E-state index < -0.39 is 11.8 Å². The Morgan fingerprint density at radius 3 is 2.48 bits per heavy atom. The van der Waals surface area contributed by atoms with Crippen LogP contribution in [0.5, 0.6) is 0 Å². The lowest BCUT2D eigenvalue weighted by Crippen LogP contribution is -2.54. The normalized spacial score (nSPS) is 16.8. The van der Waals surface area contributed by atoms with E-state index in [0.29, 0.717) is 5.69 Å². The maximum Gasteiger partial charge on any atom is 0.270 e. The average molecular weight is 382 g/mol. The Balaban J connectivity index is 2.08. The molecule has 3 rings (SSSR count). The lowest BCUT2D eigenvalue weighted by Gasteiger charge is -2.30. The summed E-state index contributed by atoms with van der Waals surface area (Å²) < 4.78 is 2.03. The molecule has 0 spiro atoms. The Morgan fingerprint density at radius 1 is 1.11 bits per heavy atom. The molecule has 27 heavy (non-hydrogen) atoms. The van der Waals surface area contributed by atoms with Gasteiger partial charge in [-0.25, -0.2) is 0 Å². The summed E-state index contributed by atoms with van der Waals surface area (Å²) in [5.74, 6) is -0.886. The van der Waals surface area contributed by atoms with Crippen LogP contribution in [-0.4, -0.2) is 21.5 Å². The van der Waals surface area contributed by atoms with Crippen molar-refractivity contribution >= 4 is 40.9 Å². The summed E-state index contributed by atoms with van der Waals surface area (Å²) in [7, 11) is 0. The van der Waals surface area contributed by atoms with Crippen molar-refractivity contribution in [2.24, 2.45) is 0 Å². The molecule has 2 heterocycles. The van der Waals surface area contributed by atoms with Crippen molar-refractivity contribution in [2.45, 2.75) is 39.7 Å². The molecule has 140 valence electrons. The number of benzene rings is 1. The molecule has 2 amide bonds. The van der Waals surface area contributed by atoms with Crippen LogP contribution in [0.3, 0.4) is 0 Å². The molecular formula is C21H23N3O2S. The van der Waals surface area contributed by atoms with E-state index >= 15 is 0 Å². The van der Waals surface area contributed by atoms with Crippen molar-refractivity contribution in [3.05, 3.63) is 59.4 Å². The predicted octanol–water partition coefficient (Wildman–Crippen LogP) is 3.64. The summed E-state index contributed by atoms with van der Waals surface area (Å²) in [6.45, 7) is 8.21. The minimum Gasteiger partial charge on any atom is -0.343 e. The SMILES string of the molecule is CCc1ccccc1N1C(=O)/C(=C\c2cccn2C(C)(C)C)C(=O)NC1=S. The molecule has 0 aliphatic carbocycles. The van der Waals surface area contributed by atoms with Crippen LogP contribution in [0.25, 0.3) is 6.08 Å². The van der Waals surface area contributed by atoms with Crippen LogP contribution in [-0.2, 0) is 21.5 Å². The predicted molar refractivity (Wildman–Crippen MR) is 111 cm³/mol. The second-order valence-electron chi connectivity index (χ2n) is 7.41. The van der Waals surface area contributed by atoms with E-state index in [1.165, 1.54) is 4.90 Å². The smallest absolute Gasteiger partial charge is 0.270 e. The van der Waals surface area contributed by atoms with Gasteiger partial charge < -0.3 is 4.57 Å². The Bertz CT molecular complexity index is 950. The van der Waals surface area contributed by atoms with Gasteiger partial charge in [-0.05, 0) is 69.2 Å². The lowest BCUT2D eigenvalue weighted by molar-refractivity contribution is -0.122. The fourth-order valence-electron chi connectivity index (χ4n) is 3.17. The summed E-state index contributed by atoms with van der Waals surface area (Å²) >= 11 is 5.30. The van der Waals surface area contributed by atoms with Crippen LogP contribution in [0, 0.1) is 0 Å². The molecule has 0 radical (unpaired) electrons. The van der Waals surface area contributed by atoms with Crippen molar-refractivity contribution in [2.75, 3.05) is 4.90 Å². The van der Waals surface area contributed by atoms with Gasteiger partial charge in [0.15, 0.2) is 5.11 Å². The van der Waals surface area contributed by atoms with Gasteiger partial charge in [0.1, 0.15) is 5.57 Å². The monoisotopic (exact) mass is 381 g/mol. The van der Waals surface area contributed by atoms with Gasteiger partial charge in [-0.1, -0.05) is 25.1 Å². The van der Waals surface area contributed by atoms with E-state index in [-0.39, 0.29) is 16.2 Å². The lowest BCUT2D eigenvalue weighted by atomic mass is 10.1. The molecule has 1 fully saturated rings. The zero-order valence-corrected chi connectivity index (χ0v) is 16.8. The molecule has 1 N–H and O–H groups in total. The fourth-order valence-corrected chi connectivity index (χ4v) is 3.45. The number of hydrogen-bond acceptors (Lipinski definition) is 3. The van der Waals surface area contributed by atoms with Crippen molar-refractivity contribution in [3.63, 3.8) is 0 Å². The van der Waals surface area contributed by atoms with Gasteiger partial charge in [-0.2, -0.15) is 0 Å². The molecule has 1 aromatic heterocycles. The number of nitrogens with zero attached hydrogens (tertiary/aromatic N) is 2. The Hall–Kier alpha value is -2.73. The van der Waals surface area contributed by atoms with Crippen molar-refractivity contribution < 1.29 is 9.59 Å². The van der Waals surface area contributed by atoms with Gasteiger partial charge in [-0.15, -0.1) is 0 Å². The third kappa shape index (κ3) is 3.57. The van der Waals surface area contributed by atoms with E-state index in [0.717, 1.165) is 17.7 Å². The molecule has 1 saturated heterocycles. The first-order valence-corrected chi connectivity index (χ1v) is 9.32. The fraction of sp³-hybridized carbons (Fsp3) is 0.286. The minimum absolute atomic E-state index is 0.0682. The van der Waals surface area contributed by atoms with Gasteiger partial charge in [0, 0.05) is 17.4 Å². The molecule has 6 heteroatoms. The van der Waals surface area contributed by atoms with Crippen LogP contribution in [0.15, 0.2) is 48.2 Å². The molecule has 2 aromatic rings. The Kier molecular flexibility index (Phi) is 5.02. The summed E-state index contributed by atoms with van der Waals surface area (Å²) in [5.41, 5.74) is 2.37. The van der Waals surface area contributed by atoms with Crippen LogP contribution < -0.4 is 10.2 Å². The zero-order chi connectivity index (χ0) is 19.8. The number of aromatic nitrogens is 1. The standard InChI is InChI=1S/C21H23N3O2S/c1-5-14-9-6-7-11-17(14)24-19(26)16(18(25)22-20(24)27)13-15-10-8-12-23(15)21(2,3)4/h6-13H,5H2,1-4H3,(H,22,25,27)/b16-13-. The molecule has 1 aliphatic rings. The highest BCUT2D eigenvalue weighted by Gasteiger charge is 2.35. The van der Waals surface area contributed by atoms with Gasteiger partial charge in [0.05, 0.1) is 5.69 Å². The largest absolute Gasteiger partial charge is 0.343 e. The number of para-hydroxylation sites is 1. The highest BCUT2D eigenvalue weighted by molar-refractivity contribution is 7.80. The van der Waals surface area contributed by atoms with Gasteiger partial charge >= 0.3 is 0 Å². The van der Waals surface area contributed by atoms with Crippen LogP contribution in [0.2, 0.25) is 0 Å². The summed E-state index contributed by atoms with van der Waals surface area (Å²) in [6.07, 6.45) is 4.32. The Labute approximate surface area is 164 Å². The summed E-state index contributed by atoms with van der Waals surface area (Å²) in [6, 6.07) is 11.4. The number of carbonyl (C=O) groups is 2. The first-order valence-electron chi connectivity index (χ1n) is 8.91. The third-order valence-corrected chi connectivity index (χ3v) is 4.79. The quantitative estimate of drug-likeness (QED) is 0.502. The highest BCUT2D eigenvalue weighted by atomic mass is 32.1. The highest BCUT2D eigenvalue weighted by Crippen LogP contribution is 2.27. The number of nitrogens with one attached hydrogen (secondary N) is 1. The van der Waals surface area contributed by atoms with E-state index in [9.17, 15) is 9.59 Å². The van der Waals surface area contributed by atoms with Gasteiger partial charge in [0.2, 0.25) is 0 Å². The first-order chi connectivity index (χ1) is 12.7. The zero-order valence-electron chi connectivity index (χ0n) is 15.9. The van der Waals surface area contributed by atoms with Gasteiger partial charge in [-0.3, -0.25) is 19.8 Å². The average Bonchev–Trinajstić information content (AvgIpc) is 3.07. The summed E-state index contributed by atoms with van der Waals surface area (Å²) in [4.78, 5) is 27.1. The second kappa shape index (κ2) is 7.12. The van der Waals surface area contributed by atoms with E-state index in [4.69, 9.17) is 12.2 Å². The van der Waals surface area contributed by atoms with Gasteiger partial charge in [0.25, 0.3) is 11.8 Å². The molecule has 0 bridgehead atoms. The molecular weight excluding hydrogens is 358 g/mol. The molecule has 5 nitrogen and oxygen atoms in total. The maximum absolute atomic E-state index is 13.2. The van der Waals surface area contributed by atoms with E-state index in [1.54, 1.807) is 6.08 Å². The molecule has 1 aliphatic heterocycles. The van der Waals surface area contributed by atoms with E-state index in [1.807, 2.05) is 54.1 Å². The van der Waals surface area contributed by atoms with Crippen LogP contribution >= 0.6 is 12.2 Å². The number of thiocarbonyl (C=S) groups is 1. The molecule has 0 unspecified atom stereocenters. The molecule has 1 aromatic carbocycles. The number of hydrogen-bond donors (Lipinski definition) is 1. The number of amides is 2. The van der Waals surface area contributed by atoms with Crippen molar-refractivity contribution in [1.29, 1.82) is 0 Å². The number of rotatable bonds is 3. The van der Waals surface area contributed by atoms with Crippen LogP contribution in [0.1, 0.15) is 39.0 Å². The summed E-state index contributed by atoms with van der Waals surface area (Å²) in [5, 5.41) is 2.76. The first kappa shape index (κ1) is 19.0. The Morgan fingerprint density at radius 2 is 1.81 bits per heavy atom. The number of aryl methyl sites for hydroxylation is 1. The maximum atomic E-state index is 13.2. The molecule has 0 saturated carbocycles. The van der Waals surface area contributed by atoms with Crippen molar-refractivity contribution in [3.8, 4) is 0 Å². The van der Waals surface area contributed by atoms with E-state index in [2.05, 4.69) is 26.1 Å². The molecule has 0 atom stereocenters. The van der Waals surface area contributed by atoms with Crippen LogP contribution in [0.4, 0.5) is 5.69 Å². The second-order valence-corrected chi connectivity index (χ2v) is 7.80. The number of anilines is 1.